The summed E-state index contributed by atoms with van der Waals surface area (Å²) in [7, 11) is 0. The maximum atomic E-state index is 13.1. The number of benzene rings is 2. The molecule has 0 bridgehead atoms. The average Bonchev–Trinajstić information content (AvgIpc) is 3.32. The Labute approximate surface area is 251 Å². The number of hydrogen-bond donors (Lipinski definition) is 2. The Morgan fingerprint density at radius 3 is 2.39 bits per heavy atom. The topological polar surface area (TPSA) is 70.2 Å². The van der Waals surface area contributed by atoms with Gasteiger partial charge in [0.05, 0.1) is 10.2 Å². The molecule has 2 aromatic carbocycles. The Kier molecular flexibility index (Phi) is 12.7. The van der Waals surface area contributed by atoms with Crippen molar-refractivity contribution in [2.75, 3.05) is 0 Å². The molecule has 0 aliphatic carbocycles. The molecule has 0 saturated heterocycles. The van der Waals surface area contributed by atoms with Gasteiger partial charge < -0.3 is 10.1 Å². The van der Waals surface area contributed by atoms with Crippen LogP contribution in [0.25, 0.3) is 11.0 Å². The largest absolute Gasteiger partial charge is 0.478 e. The molecule has 0 fully saturated rings. The summed E-state index contributed by atoms with van der Waals surface area (Å²) in [6.07, 6.45) is 14.9. The Morgan fingerprint density at radius 1 is 1.05 bits per heavy atom. The maximum Gasteiger partial charge on any atom is 0.335 e. The van der Waals surface area contributed by atoms with Gasteiger partial charge in [-0.05, 0) is 85.4 Å². The molecule has 0 amide bonds. The van der Waals surface area contributed by atoms with E-state index in [9.17, 15) is 9.59 Å². The van der Waals surface area contributed by atoms with Crippen LogP contribution in [-0.2, 0) is 6.42 Å². The lowest BCUT2D eigenvalue weighted by molar-refractivity contribution is 0.0697. The number of carboxylic acids is 1. The van der Waals surface area contributed by atoms with Gasteiger partial charge in [-0.1, -0.05) is 100 Å². The first-order chi connectivity index (χ1) is 19.7. The standard InChI is InChI=1S/C35H41NO3S2/c1-6-26(23-27-18-20-29(21-19-27)35(38)39)16-11-9-10-14-24(4)22-31-36-34(37)33(41-31)32(28(7-2)8-3)40-30-17-13-12-15-25(30)5/h9-15,17-22,26,28H,4,6-8,16,23H2,1-3,5H3,(H,36,37)(H,38,39)/b11-9-,14-10-,31-22-,33-32+. The summed E-state index contributed by atoms with van der Waals surface area (Å²) in [4.78, 5) is 29.5. The van der Waals surface area contributed by atoms with Gasteiger partial charge >= 0.3 is 5.97 Å². The lowest BCUT2D eigenvalue weighted by Gasteiger charge is -2.16. The highest BCUT2D eigenvalue weighted by molar-refractivity contribution is 8.08. The molecule has 1 atom stereocenters. The second-order valence-electron chi connectivity index (χ2n) is 10.2. The van der Waals surface area contributed by atoms with Gasteiger partial charge in [0.25, 0.3) is 5.56 Å². The minimum absolute atomic E-state index is 0.0379. The van der Waals surface area contributed by atoms with E-state index in [1.807, 2.05) is 48.6 Å². The summed E-state index contributed by atoms with van der Waals surface area (Å²) in [6, 6.07) is 15.5. The molecule has 6 heteroatoms. The number of rotatable bonds is 14. The van der Waals surface area contributed by atoms with E-state index >= 15 is 0 Å². The number of aryl methyl sites for hydroxylation is 1. The second kappa shape index (κ2) is 16.2. The third kappa shape index (κ3) is 9.61. The van der Waals surface area contributed by atoms with Crippen LogP contribution in [0.5, 0.6) is 0 Å². The van der Waals surface area contributed by atoms with Crippen molar-refractivity contribution in [3.8, 4) is 0 Å². The highest BCUT2D eigenvalue weighted by Gasteiger charge is 2.16. The number of thioether (sulfide) groups is 1. The van der Waals surface area contributed by atoms with E-state index in [0.717, 1.165) is 57.3 Å². The van der Waals surface area contributed by atoms with Gasteiger partial charge in [-0.3, -0.25) is 4.79 Å². The molecule has 0 spiro atoms. The molecular weight excluding hydrogens is 547 g/mol. The summed E-state index contributed by atoms with van der Waals surface area (Å²) < 4.78 is 1.59. The fourth-order valence-electron chi connectivity index (χ4n) is 4.60. The number of carboxylic acid groups (broad SMARTS) is 1. The van der Waals surface area contributed by atoms with Gasteiger partial charge in [-0.2, -0.15) is 0 Å². The van der Waals surface area contributed by atoms with Crippen LogP contribution in [-0.4, -0.2) is 16.1 Å². The Bertz CT molecular complexity index is 1550. The van der Waals surface area contributed by atoms with Crippen molar-refractivity contribution in [1.82, 2.24) is 4.98 Å². The van der Waals surface area contributed by atoms with E-state index in [1.54, 1.807) is 23.9 Å². The molecule has 4 nitrogen and oxygen atoms in total. The van der Waals surface area contributed by atoms with Crippen LogP contribution in [0.4, 0.5) is 0 Å². The number of aromatic amines is 1. The van der Waals surface area contributed by atoms with Crippen molar-refractivity contribution in [2.45, 2.75) is 64.7 Å². The van der Waals surface area contributed by atoms with Crippen LogP contribution >= 0.6 is 23.1 Å². The highest BCUT2D eigenvalue weighted by Crippen LogP contribution is 2.37. The number of hydrogen-bond acceptors (Lipinski definition) is 4. The van der Waals surface area contributed by atoms with E-state index in [-0.39, 0.29) is 5.56 Å². The molecule has 1 heterocycles. The van der Waals surface area contributed by atoms with Gasteiger partial charge in [0.2, 0.25) is 0 Å². The van der Waals surface area contributed by atoms with Gasteiger partial charge in [-0.25, -0.2) is 4.79 Å². The van der Waals surface area contributed by atoms with Crippen LogP contribution in [0.15, 0.2) is 94.7 Å². The molecule has 0 aliphatic rings. The number of H-pyrrole nitrogens is 1. The number of allylic oxidation sites excluding steroid dienone is 5. The SMILES string of the molecule is C=C(/C=C\C=C/CC(CC)Cc1ccc(C(=O)O)cc1)/C=c1/[nH]c(=O)/c(=C(\Sc2ccccc2C)C(CC)CC)s1. The Balaban J connectivity index is 1.70. The van der Waals surface area contributed by atoms with Gasteiger partial charge in [-0.15, -0.1) is 11.3 Å². The Morgan fingerprint density at radius 2 is 1.76 bits per heavy atom. The third-order valence-electron chi connectivity index (χ3n) is 7.19. The summed E-state index contributed by atoms with van der Waals surface area (Å²) in [5.41, 5.74) is 3.47. The van der Waals surface area contributed by atoms with Gasteiger partial charge in [0, 0.05) is 9.80 Å². The average molecular weight is 588 g/mol. The number of aromatic nitrogens is 1. The van der Waals surface area contributed by atoms with E-state index in [1.165, 1.54) is 21.8 Å². The number of aromatic carboxylic acids is 1. The molecule has 41 heavy (non-hydrogen) atoms. The van der Waals surface area contributed by atoms with Crippen molar-refractivity contribution >= 4 is 40.0 Å². The molecule has 0 saturated carbocycles. The zero-order valence-electron chi connectivity index (χ0n) is 24.5. The molecule has 1 aromatic heterocycles. The molecule has 216 valence electrons. The van der Waals surface area contributed by atoms with Crippen LogP contribution < -0.4 is 14.8 Å². The molecule has 0 aliphatic heterocycles. The first-order valence-corrected chi connectivity index (χ1v) is 15.9. The van der Waals surface area contributed by atoms with Crippen molar-refractivity contribution in [2.24, 2.45) is 11.8 Å². The fraction of sp³-hybridized carbons (Fsp3) is 0.314. The summed E-state index contributed by atoms with van der Waals surface area (Å²) in [6.45, 7) is 12.8. The van der Waals surface area contributed by atoms with Crippen LogP contribution in [0.3, 0.4) is 0 Å². The summed E-state index contributed by atoms with van der Waals surface area (Å²) >= 11 is 3.23. The first-order valence-electron chi connectivity index (χ1n) is 14.3. The van der Waals surface area contributed by atoms with Gasteiger partial charge in [0.15, 0.2) is 0 Å². The first kappa shape index (κ1) is 32.2. The minimum Gasteiger partial charge on any atom is -0.478 e. The smallest absolute Gasteiger partial charge is 0.335 e. The van der Waals surface area contributed by atoms with E-state index in [2.05, 4.69) is 57.5 Å². The van der Waals surface area contributed by atoms with Gasteiger partial charge in [0.1, 0.15) is 4.53 Å². The quantitative estimate of drug-likeness (QED) is 0.149. The molecule has 0 radical (unpaired) electrons. The van der Waals surface area contributed by atoms with Crippen molar-refractivity contribution in [1.29, 1.82) is 0 Å². The third-order valence-corrected chi connectivity index (χ3v) is 9.81. The van der Waals surface area contributed by atoms with Crippen molar-refractivity contribution in [3.63, 3.8) is 0 Å². The number of carbonyl (C=O) groups is 1. The summed E-state index contributed by atoms with van der Waals surface area (Å²) in [5, 5.41) is 9.08. The van der Waals surface area contributed by atoms with E-state index < -0.39 is 5.97 Å². The number of nitrogens with one attached hydrogen (secondary N) is 1. The van der Waals surface area contributed by atoms with E-state index in [4.69, 9.17) is 5.11 Å². The molecule has 2 N–H and O–H groups in total. The maximum absolute atomic E-state index is 13.1. The van der Waals surface area contributed by atoms with Crippen molar-refractivity contribution in [3.05, 3.63) is 121 Å². The molecule has 3 aromatic rings. The normalized spacial score (nSPS) is 13.8. The monoisotopic (exact) mass is 587 g/mol. The predicted molar refractivity (Wildman–Crippen MR) is 176 cm³/mol. The second-order valence-corrected chi connectivity index (χ2v) is 12.4. The summed E-state index contributed by atoms with van der Waals surface area (Å²) in [5.74, 6) is -0.0841. The zero-order chi connectivity index (χ0) is 29.8. The van der Waals surface area contributed by atoms with Crippen LogP contribution in [0.2, 0.25) is 0 Å². The predicted octanol–water partition coefficient (Wildman–Crippen LogP) is 7.89. The fourth-order valence-corrected chi connectivity index (χ4v) is 7.13. The Hall–Kier alpha value is -3.35. The molecular formula is C35H41NO3S2. The highest BCUT2D eigenvalue weighted by atomic mass is 32.2. The number of thiazole rings is 1. The van der Waals surface area contributed by atoms with Crippen LogP contribution in [0.1, 0.15) is 67.9 Å². The zero-order valence-corrected chi connectivity index (χ0v) is 26.1. The lowest BCUT2D eigenvalue weighted by Crippen LogP contribution is -2.24. The van der Waals surface area contributed by atoms with Crippen molar-refractivity contribution < 1.29 is 9.90 Å². The van der Waals surface area contributed by atoms with Crippen LogP contribution in [0, 0.1) is 18.8 Å². The van der Waals surface area contributed by atoms with E-state index in [0.29, 0.717) is 17.4 Å². The molecule has 1 unspecified atom stereocenters. The minimum atomic E-state index is -0.898. The lowest BCUT2D eigenvalue weighted by atomic mass is 9.93. The molecule has 3 rings (SSSR count).